The molecule has 11 heteroatoms. The average Bonchev–Trinajstić information content (AvgIpc) is 3.02. The van der Waals surface area contributed by atoms with Crippen molar-refractivity contribution < 1.29 is 22.7 Å². The van der Waals surface area contributed by atoms with Crippen LogP contribution in [0.4, 0.5) is 13.2 Å². The number of methoxy groups -OCH3 is 1. The Morgan fingerprint density at radius 2 is 1.94 bits per heavy atom. The topological polar surface area (TPSA) is 78.0 Å². The van der Waals surface area contributed by atoms with Gasteiger partial charge in [-0.3, -0.25) is 10.1 Å². The van der Waals surface area contributed by atoms with Gasteiger partial charge in [-0.15, -0.1) is 11.6 Å². The van der Waals surface area contributed by atoms with Gasteiger partial charge in [0, 0.05) is 43.5 Å². The standard InChI is InChI=1S/C21H35ClF3N5O2/c1-12(11-32-3)26-20(28-19(31)13-4-7-15(22)8-5-13)27-18-16-9-6-14(21(23,24)25)10-17(16)30(2)29-18/h12-18,29H,4-11H2,1-3H3,(H2,26,27,28,31)/t12-,13?,14?,15?,16?,17?,18?/m0/s1. The van der Waals surface area contributed by atoms with Gasteiger partial charge in [0.1, 0.15) is 6.17 Å². The number of nitrogens with one attached hydrogen (secondary N) is 3. The molecule has 3 fully saturated rings. The van der Waals surface area contributed by atoms with E-state index in [1.807, 2.05) is 6.92 Å². The predicted octanol–water partition coefficient (Wildman–Crippen LogP) is 3.00. The minimum Gasteiger partial charge on any atom is -0.383 e. The lowest BCUT2D eigenvalue weighted by Crippen LogP contribution is -2.50. The first-order chi connectivity index (χ1) is 15.1. The molecule has 0 aromatic rings. The van der Waals surface area contributed by atoms with E-state index in [1.165, 1.54) is 0 Å². The zero-order valence-electron chi connectivity index (χ0n) is 18.9. The number of guanidine groups is 1. The van der Waals surface area contributed by atoms with Crippen LogP contribution in [-0.4, -0.2) is 67.4 Å². The fourth-order valence-electron chi connectivity index (χ4n) is 5.11. The molecule has 2 aliphatic carbocycles. The van der Waals surface area contributed by atoms with Gasteiger partial charge in [-0.05, 0) is 51.9 Å². The third-order valence-corrected chi connectivity index (χ3v) is 7.34. The molecule has 3 N–H and O–H groups in total. The van der Waals surface area contributed by atoms with Gasteiger partial charge >= 0.3 is 6.18 Å². The highest BCUT2D eigenvalue weighted by Gasteiger charge is 2.50. The number of nitrogens with zero attached hydrogens (tertiary/aromatic N) is 2. The number of hydrogen-bond acceptors (Lipinski definition) is 5. The van der Waals surface area contributed by atoms with Crippen molar-refractivity contribution >= 4 is 23.5 Å². The van der Waals surface area contributed by atoms with E-state index in [4.69, 9.17) is 21.3 Å². The molecule has 2 saturated carbocycles. The van der Waals surface area contributed by atoms with Crippen LogP contribution in [0.2, 0.25) is 0 Å². The number of ether oxygens (including phenoxy) is 1. The summed E-state index contributed by atoms with van der Waals surface area (Å²) < 4.78 is 44.9. The van der Waals surface area contributed by atoms with Gasteiger partial charge in [0.05, 0.1) is 12.5 Å². The molecule has 0 radical (unpaired) electrons. The predicted molar refractivity (Wildman–Crippen MR) is 117 cm³/mol. The summed E-state index contributed by atoms with van der Waals surface area (Å²) in [6.45, 7) is 2.33. The number of alkyl halides is 4. The number of halogens is 4. The maximum Gasteiger partial charge on any atom is 0.391 e. The quantitative estimate of drug-likeness (QED) is 0.320. The molecular weight excluding hydrogens is 447 g/mol. The molecule has 0 spiro atoms. The Morgan fingerprint density at radius 1 is 1.25 bits per heavy atom. The minimum atomic E-state index is -4.18. The number of hydrogen-bond donors (Lipinski definition) is 3. The fraction of sp³-hybridized carbons (Fsp3) is 0.905. The molecule has 32 heavy (non-hydrogen) atoms. The van der Waals surface area contributed by atoms with E-state index in [9.17, 15) is 18.0 Å². The molecule has 1 amide bonds. The van der Waals surface area contributed by atoms with Crippen LogP contribution in [0.5, 0.6) is 0 Å². The van der Waals surface area contributed by atoms with Crippen LogP contribution in [0, 0.1) is 17.8 Å². The Balaban J connectivity index is 1.71. The second-order valence-electron chi connectivity index (χ2n) is 9.38. The van der Waals surface area contributed by atoms with E-state index in [-0.39, 0.29) is 48.0 Å². The van der Waals surface area contributed by atoms with E-state index in [1.54, 1.807) is 19.2 Å². The lowest BCUT2D eigenvalue weighted by Gasteiger charge is -2.35. The first kappa shape index (κ1) is 25.5. The second kappa shape index (κ2) is 10.9. The van der Waals surface area contributed by atoms with Crippen molar-refractivity contribution in [1.82, 2.24) is 21.1 Å². The maximum absolute atomic E-state index is 13.2. The summed E-state index contributed by atoms with van der Waals surface area (Å²) in [4.78, 5) is 17.6. The molecule has 0 aromatic carbocycles. The molecular formula is C21H35ClF3N5O2. The fourth-order valence-corrected chi connectivity index (χ4v) is 5.36. The first-order valence-corrected chi connectivity index (χ1v) is 11.9. The molecule has 1 aliphatic heterocycles. The summed E-state index contributed by atoms with van der Waals surface area (Å²) in [6.07, 6.45) is -0.930. The molecule has 1 heterocycles. The molecule has 5 atom stereocenters. The highest BCUT2D eigenvalue weighted by molar-refractivity contribution is 6.20. The van der Waals surface area contributed by atoms with E-state index >= 15 is 0 Å². The maximum atomic E-state index is 13.2. The van der Waals surface area contributed by atoms with Crippen molar-refractivity contribution in [3.05, 3.63) is 0 Å². The zero-order chi connectivity index (χ0) is 23.5. The highest BCUT2D eigenvalue weighted by Crippen LogP contribution is 2.44. The van der Waals surface area contributed by atoms with E-state index in [0.29, 0.717) is 19.0 Å². The van der Waals surface area contributed by atoms with Gasteiger partial charge in [0.15, 0.2) is 5.96 Å². The Bertz CT molecular complexity index is 672. The Morgan fingerprint density at radius 3 is 2.56 bits per heavy atom. The summed E-state index contributed by atoms with van der Waals surface area (Å²) in [5.41, 5.74) is 3.20. The highest BCUT2D eigenvalue weighted by atomic mass is 35.5. The number of carbonyl (C=O) groups is 1. The molecule has 0 aromatic heterocycles. The lowest BCUT2D eigenvalue weighted by molar-refractivity contribution is -0.187. The largest absolute Gasteiger partial charge is 0.391 e. The second-order valence-corrected chi connectivity index (χ2v) is 10.0. The van der Waals surface area contributed by atoms with Crippen LogP contribution >= 0.6 is 11.6 Å². The number of aliphatic imine (C=N–C) groups is 1. The third-order valence-electron chi connectivity index (χ3n) is 6.91. The monoisotopic (exact) mass is 481 g/mol. The van der Waals surface area contributed by atoms with Crippen molar-refractivity contribution in [2.45, 2.75) is 81.7 Å². The van der Waals surface area contributed by atoms with Crippen molar-refractivity contribution in [1.29, 1.82) is 0 Å². The zero-order valence-corrected chi connectivity index (χ0v) is 19.7. The van der Waals surface area contributed by atoms with Crippen LogP contribution in [0.1, 0.15) is 51.9 Å². The Hall–Kier alpha value is -1.10. The number of carbonyl (C=O) groups excluding carboxylic acids is 1. The van der Waals surface area contributed by atoms with Crippen LogP contribution in [-0.2, 0) is 9.53 Å². The molecule has 3 aliphatic rings. The lowest BCUT2D eigenvalue weighted by atomic mass is 9.77. The summed E-state index contributed by atoms with van der Waals surface area (Å²) in [5, 5.41) is 7.99. The van der Waals surface area contributed by atoms with Crippen molar-refractivity contribution in [3.8, 4) is 0 Å². The summed E-state index contributed by atoms with van der Waals surface area (Å²) in [6, 6.07) is -0.356. The molecule has 3 rings (SSSR count). The first-order valence-electron chi connectivity index (χ1n) is 11.4. The molecule has 0 bridgehead atoms. The molecule has 1 saturated heterocycles. The number of amides is 1. The summed E-state index contributed by atoms with van der Waals surface area (Å²) in [7, 11) is 3.35. The smallest absolute Gasteiger partial charge is 0.383 e. The van der Waals surface area contributed by atoms with Crippen molar-refractivity contribution in [2.75, 3.05) is 20.8 Å². The third kappa shape index (κ3) is 6.48. The summed E-state index contributed by atoms with van der Waals surface area (Å²) in [5.74, 6) is -1.24. The number of fused-ring (bicyclic) bond motifs is 1. The minimum absolute atomic E-state index is 0.0561. The Kier molecular flexibility index (Phi) is 8.68. The van der Waals surface area contributed by atoms with Gasteiger partial charge in [0.25, 0.3) is 0 Å². The van der Waals surface area contributed by atoms with Gasteiger partial charge in [-0.1, -0.05) is 0 Å². The summed E-state index contributed by atoms with van der Waals surface area (Å²) >= 11 is 6.16. The van der Waals surface area contributed by atoms with Gasteiger partial charge < -0.3 is 10.1 Å². The molecule has 184 valence electrons. The molecule has 7 nitrogen and oxygen atoms in total. The normalized spacial score (nSPS) is 35.3. The molecule has 4 unspecified atom stereocenters. The number of hydrazine groups is 1. The van der Waals surface area contributed by atoms with E-state index in [0.717, 1.165) is 25.7 Å². The SMILES string of the molecule is COC[C@H](C)N/C(=N\C1NN(C)C2CC(C(F)(F)F)CCC12)NC(=O)C1CCC(Cl)CC1. The van der Waals surface area contributed by atoms with Crippen LogP contribution in [0.25, 0.3) is 0 Å². The van der Waals surface area contributed by atoms with Gasteiger partial charge in [0.2, 0.25) is 5.91 Å². The van der Waals surface area contributed by atoms with Crippen molar-refractivity contribution in [3.63, 3.8) is 0 Å². The number of rotatable bonds is 5. The average molecular weight is 482 g/mol. The van der Waals surface area contributed by atoms with E-state index < -0.39 is 18.3 Å². The van der Waals surface area contributed by atoms with Crippen LogP contribution in [0.3, 0.4) is 0 Å². The van der Waals surface area contributed by atoms with Gasteiger partial charge in [-0.2, -0.15) is 13.2 Å². The Labute approximate surface area is 192 Å². The van der Waals surface area contributed by atoms with Crippen LogP contribution < -0.4 is 16.1 Å². The van der Waals surface area contributed by atoms with Gasteiger partial charge in [-0.25, -0.2) is 15.4 Å². The van der Waals surface area contributed by atoms with Crippen LogP contribution in [0.15, 0.2) is 4.99 Å². The van der Waals surface area contributed by atoms with Crippen molar-refractivity contribution in [2.24, 2.45) is 22.7 Å². The van der Waals surface area contributed by atoms with E-state index in [2.05, 4.69) is 16.1 Å².